The molecule has 0 spiro atoms. The minimum atomic E-state index is -0.311. The van der Waals surface area contributed by atoms with E-state index < -0.39 is 0 Å². The van der Waals surface area contributed by atoms with E-state index in [1.807, 2.05) is 0 Å². The number of piperidine rings is 1. The first-order chi connectivity index (χ1) is 13.7. The lowest BCUT2D eigenvalue weighted by atomic mass is 9.98. The topological polar surface area (TPSA) is 68.2 Å². The Bertz CT molecular complexity index is 994. The normalized spacial score (nSPS) is 16.8. The molecular weight excluding hydrogens is 379 g/mol. The first-order valence-electron chi connectivity index (χ1n) is 9.04. The summed E-state index contributed by atoms with van der Waals surface area (Å²) in [6.07, 6.45) is 3.38. The van der Waals surface area contributed by atoms with E-state index >= 15 is 0 Å². The molecule has 28 heavy (non-hydrogen) atoms. The van der Waals surface area contributed by atoms with Crippen LogP contribution in [0.5, 0.6) is 5.88 Å². The quantitative estimate of drug-likeness (QED) is 0.669. The van der Waals surface area contributed by atoms with Gasteiger partial charge in [0.2, 0.25) is 5.88 Å². The van der Waals surface area contributed by atoms with Crippen molar-refractivity contribution in [1.82, 2.24) is 20.1 Å². The number of aromatic nitrogens is 3. The number of likely N-dealkylation sites (tertiary alicyclic amines) is 1. The summed E-state index contributed by atoms with van der Waals surface area (Å²) in [5.74, 6) is -0.00594. The number of methoxy groups -OCH3 is 1. The number of amides is 1. The Balaban J connectivity index is 1.53. The molecular formula is C20H19FN4O2S. The number of pyridine rings is 1. The highest BCUT2D eigenvalue weighted by atomic mass is 32.1. The highest BCUT2D eigenvalue weighted by molar-refractivity contribution is 7.14. The standard InChI is InChI=1S/C20H19FN4O2S/c1-27-17-15(8-4-10-22-17)20(26)25-11-5-6-13(12-25)18-23-24-19(28-18)14-7-2-3-9-16(14)21/h2-4,7-10,13H,5-6,11-12H2,1H3. The van der Waals surface area contributed by atoms with Crippen molar-refractivity contribution in [3.05, 3.63) is 59.0 Å². The molecule has 144 valence electrons. The van der Waals surface area contributed by atoms with E-state index in [4.69, 9.17) is 4.74 Å². The second kappa shape index (κ2) is 8.02. The molecule has 1 aliphatic rings. The third-order valence-corrected chi connectivity index (χ3v) is 5.92. The number of nitrogens with zero attached hydrogens (tertiary/aromatic N) is 4. The molecule has 0 bridgehead atoms. The maximum atomic E-state index is 14.0. The minimum Gasteiger partial charge on any atom is -0.480 e. The van der Waals surface area contributed by atoms with Crippen LogP contribution in [0.1, 0.15) is 34.1 Å². The number of carbonyl (C=O) groups excluding carboxylic acids is 1. The number of hydrogen-bond donors (Lipinski definition) is 0. The van der Waals surface area contributed by atoms with Crippen molar-refractivity contribution in [3.63, 3.8) is 0 Å². The molecule has 0 aliphatic carbocycles. The highest BCUT2D eigenvalue weighted by Crippen LogP contribution is 2.34. The molecule has 1 unspecified atom stereocenters. The van der Waals surface area contributed by atoms with Crippen LogP contribution in [0.4, 0.5) is 4.39 Å². The molecule has 1 aromatic carbocycles. The van der Waals surface area contributed by atoms with E-state index in [1.54, 1.807) is 41.4 Å². The summed E-state index contributed by atoms with van der Waals surface area (Å²) >= 11 is 1.39. The van der Waals surface area contributed by atoms with E-state index in [9.17, 15) is 9.18 Å². The molecule has 3 aromatic rings. The second-order valence-electron chi connectivity index (χ2n) is 6.58. The van der Waals surface area contributed by atoms with Crippen LogP contribution >= 0.6 is 11.3 Å². The lowest BCUT2D eigenvalue weighted by Gasteiger charge is -2.31. The van der Waals surface area contributed by atoms with E-state index in [1.165, 1.54) is 24.5 Å². The van der Waals surface area contributed by atoms with Gasteiger partial charge < -0.3 is 9.64 Å². The van der Waals surface area contributed by atoms with Crippen molar-refractivity contribution < 1.29 is 13.9 Å². The van der Waals surface area contributed by atoms with E-state index in [-0.39, 0.29) is 17.6 Å². The molecule has 4 rings (SSSR count). The van der Waals surface area contributed by atoms with Gasteiger partial charge in [-0.2, -0.15) is 0 Å². The fourth-order valence-corrected chi connectivity index (χ4v) is 4.39. The van der Waals surface area contributed by atoms with E-state index in [0.29, 0.717) is 35.1 Å². The summed E-state index contributed by atoms with van der Waals surface area (Å²) in [4.78, 5) is 18.9. The zero-order valence-electron chi connectivity index (χ0n) is 15.3. The Morgan fingerprint density at radius 3 is 2.93 bits per heavy atom. The molecule has 1 aliphatic heterocycles. The van der Waals surface area contributed by atoms with Crippen molar-refractivity contribution in [2.45, 2.75) is 18.8 Å². The molecule has 0 saturated carbocycles. The van der Waals surface area contributed by atoms with Gasteiger partial charge in [0.15, 0.2) is 5.01 Å². The predicted octanol–water partition coefficient (Wildman–Crippen LogP) is 3.77. The van der Waals surface area contributed by atoms with E-state index in [2.05, 4.69) is 15.2 Å². The zero-order chi connectivity index (χ0) is 19.5. The lowest BCUT2D eigenvalue weighted by Crippen LogP contribution is -2.39. The van der Waals surface area contributed by atoms with Crippen LogP contribution < -0.4 is 4.74 Å². The summed E-state index contributed by atoms with van der Waals surface area (Å²) in [5.41, 5.74) is 0.907. The summed E-state index contributed by atoms with van der Waals surface area (Å²) in [7, 11) is 1.50. The second-order valence-corrected chi connectivity index (χ2v) is 7.58. The minimum absolute atomic E-state index is 0.0818. The van der Waals surface area contributed by atoms with Crippen LogP contribution in [0.2, 0.25) is 0 Å². The summed E-state index contributed by atoms with van der Waals surface area (Å²) in [6.45, 7) is 1.22. The predicted molar refractivity (Wildman–Crippen MR) is 104 cm³/mol. The van der Waals surface area contributed by atoms with Gasteiger partial charge in [0, 0.05) is 30.8 Å². The molecule has 0 radical (unpaired) electrons. The molecule has 1 atom stereocenters. The van der Waals surface area contributed by atoms with Crippen LogP contribution in [0.15, 0.2) is 42.6 Å². The fraction of sp³-hybridized carbons (Fsp3) is 0.300. The Morgan fingerprint density at radius 2 is 2.11 bits per heavy atom. The average Bonchev–Trinajstić information content (AvgIpc) is 3.23. The summed E-state index contributed by atoms with van der Waals surface area (Å²) in [6, 6.07) is 9.99. The van der Waals surface area contributed by atoms with Crippen molar-refractivity contribution in [3.8, 4) is 16.5 Å². The largest absolute Gasteiger partial charge is 0.480 e. The Hall–Kier alpha value is -2.87. The fourth-order valence-electron chi connectivity index (χ4n) is 3.39. The molecule has 6 nitrogen and oxygen atoms in total. The first kappa shape index (κ1) is 18.5. The van der Waals surface area contributed by atoms with Gasteiger partial charge in [-0.05, 0) is 37.1 Å². The molecule has 8 heteroatoms. The van der Waals surface area contributed by atoms with Crippen LogP contribution in [0.3, 0.4) is 0 Å². The van der Waals surface area contributed by atoms with Crippen molar-refractivity contribution >= 4 is 17.2 Å². The number of hydrogen-bond acceptors (Lipinski definition) is 6. The number of halogens is 1. The van der Waals surface area contributed by atoms with Crippen molar-refractivity contribution in [2.75, 3.05) is 20.2 Å². The number of rotatable bonds is 4. The van der Waals surface area contributed by atoms with Crippen LogP contribution in [-0.4, -0.2) is 46.2 Å². The van der Waals surface area contributed by atoms with Gasteiger partial charge in [0.1, 0.15) is 16.4 Å². The number of carbonyl (C=O) groups is 1. The SMILES string of the molecule is COc1ncccc1C(=O)N1CCCC(c2nnc(-c3ccccc3F)s2)C1. The first-order valence-corrected chi connectivity index (χ1v) is 9.85. The van der Waals surface area contributed by atoms with Crippen LogP contribution in [-0.2, 0) is 0 Å². The third-order valence-electron chi connectivity index (χ3n) is 4.80. The van der Waals surface area contributed by atoms with Gasteiger partial charge in [-0.1, -0.05) is 23.5 Å². The molecule has 2 aromatic heterocycles. The Kier molecular flexibility index (Phi) is 5.29. The molecule has 0 N–H and O–H groups in total. The Morgan fingerprint density at radius 1 is 1.25 bits per heavy atom. The smallest absolute Gasteiger partial charge is 0.259 e. The maximum Gasteiger partial charge on any atom is 0.259 e. The molecule has 1 saturated heterocycles. The highest BCUT2D eigenvalue weighted by Gasteiger charge is 2.29. The van der Waals surface area contributed by atoms with Crippen LogP contribution in [0.25, 0.3) is 10.6 Å². The Labute approximate surface area is 166 Å². The maximum absolute atomic E-state index is 14.0. The van der Waals surface area contributed by atoms with Gasteiger partial charge in [-0.25, -0.2) is 9.37 Å². The van der Waals surface area contributed by atoms with E-state index in [0.717, 1.165) is 17.8 Å². The number of ether oxygens (including phenoxy) is 1. The summed E-state index contributed by atoms with van der Waals surface area (Å²) in [5, 5.41) is 9.85. The molecule has 1 fully saturated rings. The van der Waals surface area contributed by atoms with Gasteiger partial charge >= 0.3 is 0 Å². The molecule has 3 heterocycles. The monoisotopic (exact) mass is 398 g/mol. The van der Waals surface area contributed by atoms with Gasteiger partial charge in [0.25, 0.3) is 5.91 Å². The van der Waals surface area contributed by atoms with Crippen LogP contribution in [0, 0.1) is 5.82 Å². The van der Waals surface area contributed by atoms with Gasteiger partial charge in [0.05, 0.1) is 7.11 Å². The van der Waals surface area contributed by atoms with Gasteiger partial charge in [-0.15, -0.1) is 10.2 Å². The third kappa shape index (κ3) is 3.60. The van der Waals surface area contributed by atoms with Crippen molar-refractivity contribution in [2.24, 2.45) is 0 Å². The summed E-state index contributed by atoms with van der Waals surface area (Å²) < 4.78 is 19.2. The lowest BCUT2D eigenvalue weighted by molar-refractivity contribution is 0.0702. The molecule has 1 amide bonds. The number of benzene rings is 1. The van der Waals surface area contributed by atoms with Crippen molar-refractivity contribution in [1.29, 1.82) is 0 Å². The zero-order valence-corrected chi connectivity index (χ0v) is 16.2. The van der Waals surface area contributed by atoms with Gasteiger partial charge in [-0.3, -0.25) is 4.79 Å². The average molecular weight is 398 g/mol.